The van der Waals surface area contributed by atoms with Crippen LogP contribution in [0.15, 0.2) is 30.7 Å². The Morgan fingerprint density at radius 1 is 1.50 bits per heavy atom. The van der Waals surface area contributed by atoms with E-state index >= 15 is 0 Å². The lowest BCUT2D eigenvalue weighted by atomic mass is 10.0. The van der Waals surface area contributed by atoms with Crippen LogP contribution in [0.2, 0.25) is 0 Å². The van der Waals surface area contributed by atoms with Gasteiger partial charge in [0.1, 0.15) is 17.5 Å². The van der Waals surface area contributed by atoms with Crippen molar-refractivity contribution in [2.75, 3.05) is 6.61 Å². The fraction of sp³-hybridized carbons (Fsp3) is 0.529. The lowest BCUT2D eigenvalue weighted by Gasteiger charge is -2.32. The molecule has 2 atom stereocenters. The second-order valence-electron chi connectivity index (χ2n) is 6.54. The summed E-state index contributed by atoms with van der Waals surface area (Å²) in [5, 5.41) is 9.60. The Labute approximate surface area is 149 Å². The number of pyridine rings is 1. The molecule has 0 spiro atoms. The summed E-state index contributed by atoms with van der Waals surface area (Å²) < 4.78 is 49.4. The van der Waals surface area contributed by atoms with Gasteiger partial charge in [0.2, 0.25) is 0 Å². The molecule has 1 fully saturated rings. The molecule has 0 saturated carbocycles. The maximum atomic E-state index is 12.9. The van der Waals surface area contributed by atoms with Crippen LogP contribution in [0.1, 0.15) is 32.0 Å². The van der Waals surface area contributed by atoms with E-state index < -0.39 is 42.4 Å². The first-order chi connectivity index (χ1) is 12.0. The molecule has 2 rings (SSSR count). The Balaban J connectivity index is 2.34. The van der Waals surface area contributed by atoms with Gasteiger partial charge in [0.25, 0.3) is 0 Å². The van der Waals surface area contributed by atoms with E-state index in [0.717, 1.165) is 12.3 Å². The summed E-state index contributed by atoms with van der Waals surface area (Å²) >= 11 is 0. The number of halogens is 3. The molecule has 1 aliphatic rings. The Bertz CT molecular complexity index is 691. The number of carbonyl (C=O) groups excluding carboxylic acids is 1. The number of amides is 1. The van der Waals surface area contributed by atoms with Gasteiger partial charge < -0.3 is 14.6 Å². The van der Waals surface area contributed by atoms with Crippen LogP contribution in [0.3, 0.4) is 0 Å². The molecule has 1 amide bonds. The van der Waals surface area contributed by atoms with Crippen LogP contribution in [0.5, 0.6) is 0 Å². The average molecular weight is 374 g/mol. The van der Waals surface area contributed by atoms with E-state index in [4.69, 9.17) is 9.47 Å². The highest BCUT2D eigenvalue weighted by molar-refractivity contribution is 5.70. The summed E-state index contributed by atoms with van der Waals surface area (Å²) in [6.45, 7) is 7.83. The van der Waals surface area contributed by atoms with Gasteiger partial charge in [-0.2, -0.15) is 13.2 Å². The van der Waals surface area contributed by atoms with E-state index in [1.54, 1.807) is 13.8 Å². The third-order valence-electron chi connectivity index (χ3n) is 3.98. The van der Waals surface area contributed by atoms with Gasteiger partial charge >= 0.3 is 12.3 Å². The van der Waals surface area contributed by atoms with Gasteiger partial charge in [0.05, 0.1) is 18.4 Å². The van der Waals surface area contributed by atoms with E-state index in [-0.39, 0.29) is 12.2 Å². The molecule has 0 aliphatic carbocycles. The average Bonchev–Trinajstić information content (AvgIpc) is 2.76. The zero-order valence-corrected chi connectivity index (χ0v) is 14.7. The van der Waals surface area contributed by atoms with Crippen molar-refractivity contribution >= 4 is 6.09 Å². The summed E-state index contributed by atoms with van der Waals surface area (Å²) in [5.74, 6) is 0.167. The van der Waals surface area contributed by atoms with Crippen molar-refractivity contribution in [3.63, 3.8) is 0 Å². The molecule has 1 aromatic rings. The van der Waals surface area contributed by atoms with Gasteiger partial charge in [0.15, 0.2) is 0 Å². The van der Waals surface area contributed by atoms with Crippen molar-refractivity contribution in [2.24, 2.45) is 0 Å². The van der Waals surface area contributed by atoms with Crippen molar-refractivity contribution in [3.8, 4) is 0 Å². The lowest BCUT2D eigenvalue weighted by molar-refractivity contribution is -0.141. The zero-order valence-electron chi connectivity index (χ0n) is 14.7. The van der Waals surface area contributed by atoms with Crippen LogP contribution < -0.4 is 0 Å². The number of aliphatic hydroxyl groups is 1. The van der Waals surface area contributed by atoms with E-state index in [1.807, 2.05) is 0 Å². The minimum atomic E-state index is -4.57. The van der Waals surface area contributed by atoms with Gasteiger partial charge in [-0.3, -0.25) is 9.88 Å². The fourth-order valence-corrected chi connectivity index (χ4v) is 3.00. The summed E-state index contributed by atoms with van der Waals surface area (Å²) in [5.41, 5.74) is -1.82. The molecule has 1 aliphatic heterocycles. The van der Waals surface area contributed by atoms with Crippen LogP contribution in [0.4, 0.5) is 18.0 Å². The number of ether oxygens (including phenoxy) is 2. The Morgan fingerprint density at radius 2 is 2.15 bits per heavy atom. The normalized spacial score (nSPS) is 22.3. The third-order valence-corrected chi connectivity index (χ3v) is 3.98. The molecule has 144 valence electrons. The molecule has 1 aromatic heterocycles. The molecule has 6 nitrogen and oxygen atoms in total. The molecule has 1 saturated heterocycles. The largest absolute Gasteiger partial charge is 0.433 e. The number of alkyl halides is 3. The Morgan fingerprint density at radius 3 is 2.69 bits per heavy atom. The van der Waals surface area contributed by atoms with Crippen LogP contribution in [0, 0.1) is 0 Å². The third kappa shape index (κ3) is 4.34. The van der Waals surface area contributed by atoms with Gasteiger partial charge in [-0.05, 0) is 44.9 Å². The molecule has 0 bridgehead atoms. The Kier molecular flexibility index (Phi) is 5.62. The molecule has 1 N–H and O–H groups in total. The maximum absolute atomic E-state index is 12.9. The number of aliphatic hydroxyl groups excluding tert-OH is 1. The topological polar surface area (TPSA) is 71.9 Å². The quantitative estimate of drug-likeness (QED) is 0.820. The summed E-state index contributed by atoms with van der Waals surface area (Å²) in [6, 6.07) is 1.63. The van der Waals surface area contributed by atoms with E-state index in [9.17, 15) is 23.1 Å². The first-order valence-corrected chi connectivity index (χ1v) is 7.93. The summed E-state index contributed by atoms with van der Waals surface area (Å²) in [6.07, 6.45) is -5.00. The number of hydrogen-bond donors (Lipinski definition) is 1. The van der Waals surface area contributed by atoms with E-state index in [1.165, 1.54) is 17.9 Å². The molecular weight excluding hydrogens is 353 g/mol. The molecule has 0 unspecified atom stereocenters. The SMILES string of the molecule is C=C(C)OC(=O)N1[C@@H](Cc2ccnc(C(F)(F)F)c2)[C@@H](CO)OC1(C)C. The predicted octanol–water partition coefficient (Wildman–Crippen LogP) is 3.11. The molecule has 2 heterocycles. The number of rotatable bonds is 4. The smallest absolute Gasteiger partial charge is 0.416 e. The van der Waals surface area contributed by atoms with Crippen molar-refractivity contribution in [3.05, 3.63) is 41.9 Å². The monoisotopic (exact) mass is 374 g/mol. The number of hydrogen-bond acceptors (Lipinski definition) is 5. The summed E-state index contributed by atoms with van der Waals surface area (Å²) in [7, 11) is 0. The fourth-order valence-electron chi connectivity index (χ4n) is 3.00. The number of allylic oxidation sites excluding steroid dienone is 1. The zero-order chi connectivity index (χ0) is 19.7. The molecule has 9 heteroatoms. The van der Waals surface area contributed by atoms with Crippen molar-refractivity contribution in [1.29, 1.82) is 0 Å². The van der Waals surface area contributed by atoms with Crippen LogP contribution in [-0.4, -0.2) is 45.6 Å². The standard InChI is InChI=1S/C17H21F3N2O4/c1-10(2)25-15(24)22-12(13(9-23)26-16(22,3)4)7-11-5-6-21-14(8-11)17(18,19)20/h5-6,8,12-13,23H,1,7,9H2,2-4H3/t12-,13+/m0/s1. The van der Waals surface area contributed by atoms with E-state index in [0.29, 0.717) is 5.56 Å². The van der Waals surface area contributed by atoms with Crippen LogP contribution >= 0.6 is 0 Å². The van der Waals surface area contributed by atoms with Crippen molar-refractivity contribution in [1.82, 2.24) is 9.88 Å². The number of nitrogens with zero attached hydrogens (tertiary/aromatic N) is 2. The second kappa shape index (κ2) is 7.24. The second-order valence-corrected chi connectivity index (χ2v) is 6.54. The first-order valence-electron chi connectivity index (χ1n) is 7.93. The molecule has 0 aromatic carbocycles. The highest BCUT2D eigenvalue weighted by Crippen LogP contribution is 2.35. The molecule has 26 heavy (non-hydrogen) atoms. The van der Waals surface area contributed by atoms with Crippen molar-refractivity contribution in [2.45, 2.75) is 51.2 Å². The highest BCUT2D eigenvalue weighted by Gasteiger charge is 2.50. The molecule has 0 radical (unpaired) electrons. The van der Waals surface area contributed by atoms with Gasteiger partial charge in [0, 0.05) is 6.20 Å². The lowest BCUT2D eigenvalue weighted by Crippen LogP contribution is -2.49. The maximum Gasteiger partial charge on any atom is 0.433 e. The predicted molar refractivity (Wildman–Crippen MR) is 85.9 cm³/mol. The first kappa shape index (κ1) is 20.2. The molecular formula is C17H21F3N2O4. The van der Waals surface area contributed by atoms with Crippen molar-refractivity contribution < 1.29 is 32.5 Å². The summed E-state index contributed by atoms with van der Waals surface area (Å²) in [4.78, 5) is 17.0. The van der Waals surface area contributed by atoms with Crippen LogP contribution in [-0.2, 0) is 22.1 Å². The van der Waals surface area contributed by atoms with Crippen LogP contribution in [0.25, 0.3) is 0 Å². The van der Waals surface area contributed by atoms with Gasteiger partial charge in [-0.1, -0.05) is 6.58 Å². The highest BCUT2D eigenvalue weighted by atomic mass is 19.4. The van der Waals surface area contributed by atoms with E-state index in [2.05, 4.69) is 11.6 Å². The van der Waals surface area contributed by atoms with Gasteiger partial charge in [-0.15, -0.1) is 0 Å². The Hall–Kier alpha value is -2.13. The van der Waals surface area contributed by atoms with Gasteiger partial charge in [-0.25, -0.2) is 4.79 Å². The number of aromatic nitrogens is 1. The minimum absolute atomic E-state index is 0.0333. The number of carbonyl (C=O) groups is 1. The minimum Gasteiger partial charge on any atom is -0.416 e.